The summed E-state index contributed by atoms with van der Waals surface area (Å²) in [6.07, 6.45) is 1.13. The number of fused-ring (bicyclic) bond motifs is 1. The van der Waals surface area contributed by atoms with Crippen molar-refractivity contribution in [1.82, 2.24) is 10.2 Å². The van der Waals surface area contributed by atoms with E-state index < -0.39 is 0 Å². The van der Waals surface area contributed by atoms with E-state index in [0.717, 1.165) is 39.2 Å². The average molecular weight is 331 g/mol. The molecule has 1 fully saturated rings. The molecule has 0 unspecified atom stereocenters. The van der Waals surface area contributed by atoms with Crippen molar-refractivity contribution in [2.24, 2.45) is 5.92 Å². The van der Waals surface area contributed by atoms with Gasteiger partial charge in [-0.3, -0.25) is 9.69 Å². The van der Waals surface area contributed by atoms with Gasteiger partial charge < -0.3 is 15.0 Å². The van der Waals surface area contributed by atoms with Gasteiger partial charge in [0.2, 0.25) is 5.91 Å². The quantitative estimate of drug-likeness (QED) is 0.858. The predicted octanol–water partition coefficient (Wildman–Crippen LogP) is 1.52. The average Bonchev–Trinajstić information content (AvgIpc) is 2.96. The van der Waals surface area contributed by atoms with Gasteiger partial charge >= 0.3 is 0 Å². The summed E-state index contributed by atoms with van der Waals surface area (Å²) in [4.78, 5) is 16.9. The molecule has 132 valence electrons. The summed E-state index contributed by atoms with van der Waals surface area (Å²) in [7, 11) is 0. The predicted molar refractivity (Wildman–Crippen MR) is 96.4 cm³/mol. The Morgan fingerprint density at radius 2 is 2.17 bits per heavy atom. The first-order chi connectivity index (χ1) is 11.6. The van der Waals surface area contributed by atoms with Crippen LogP contribution < -0.4 is 10.2 Å². The molecule has 2 aliphatic heterocycles. The number of morpholine rings is 1. The molecular formula is C19H29N3O2. The molecule has 0 aliphatic carbocycles. The molecule has 2 heterocycles. The number of benzene rings is 1. The van der Waals surface area contributed by atoms with Gasteiger partial charge in [-0.25, -0.2) is 0 Å². The van der Waals surface area contributed by atoms with E-state index in [4.69, 9.17) is 4.74 Å². The van der Waals surface area contributed by atoms with Crippen LogP contribution in [0.25, 0.3) is 0 Å². The maximum Gasteiger partial charge on any atom is 0.239 e. The van der Waals surface area contributed by atoms with Crippen LogP contribution in [0.1, 0.15) is 19.4 Å². The fraction of sp³-hybridized carbons (Fsp3) is 0.632. The highest BCUT2D eigenvalue weighted by Crippen LogP contribution is 2.26. The lowest BCUT2D eigenvalue weighted by molar-refractivity contribution is -0.121. The third-order valence-electron chi connectivity index (χ3n) is 4.69. The Morgan fingerprint density at radius 1 is 1.33 bits per heavy atom. The molecule has 1 aromatic carbocycles. The molecule has 5 heteroatoms. The lowest BCUT2D eigenvalue weighted by atomic mass is 10.2. The molecule has 0 radical (unpaired) electrons. The Bertz CT molecular complexity index is 561. The molecule has 0 aromatic heterocycles. The van der Waals surface area contributed by atoms with E-state index >= 15 is 0 Å². The van der Waals surface area contributed by atoms with E-state index in [1.807, 2.05) is 6.07 Å². The maximum atomic E-state index is 12.3. The molecule has 0 saturated carbocycles. The number of ether oxygens (including phenoxy) is 1. The highest BCUT2D eigenvalue weighted by molar-refractivity contribution is 5.82. The summed E-state index contributed by atoms with van der Waals surface area (Å²) < 4.78 is 5.80. The topological polar surface area (TPSA) is 44.8 Å². The summed E-state index contributed by atoms with van der Waals surface area (Å²) in [6.45, 7) is 10.2. The Kier molecular flexibility index (Phi) is 5.74. The zero-order valence-electron chi connectivity index (χ0n) is 14.8. The van der Waals surface area contributed by atoms with Gasteiger partial charge in [-0.1, -0.05) is 32.0 Å². The van der Waals surface area contributed by atoms with Crippen LogP contribution in [0.4, 0.5) is 5.69 Å². The molecule has 1 amide bonds. The van der Waals surface area contributed by atoms with Crippen LogP contribution in [-0.4, -0.2) is 62.8 Å². The number of hydrogen-bond acceptors (Lipinski definition) is 4. The minimum Gasteiger partial charge on any atom is -0.374 e. The van der Waals surface area contributed by atoms with Crippen LogP contribution in [-0.2, 0) is 16.0 Å². The Balaban J connectivity index is 1.43. The smallest absolute Gasteiger partial charge is 0.239 e. The minimum atomic E-state index is 0.0799. The SMILES string of the molecule is CC(C)CN1CCO[C@@H](CNC(=O)CN2CCc3ccccc32)C1. The number of anilines is 1. The van der Waals surface area contributed by atoms with Gasteiger partial charge in [-0.2, -0.15) is 0 Å². The van der Waals surface area contributed by atoms with Gasteiger partial charge in [0.1, 0.15) is 0 Å². The van der Waals surface area contributed by atoms with Crippen LogP contribution in [0.15, 0.2) is 24.3 Å². The molecule has 5 nitrogen and oxygen atoms in total. The van der Waals surface area contributed by atoms with E-state index in [-0.39, 0.29) is 12.0 Å². The van der Waals surface area contributed by atoms with E-state index in [1.165, 1.54) is 11.3 Å². The fourth-order valence-corrected chi connectivity index (χ4v) is 3.61. The van der Waals surface area contributed by atoms with Gasteiger partial charge in [0, 0.05) is 38.4 Å². The van der Waals surface area contributed by atoms with Crippen LogP contribution >= 0.6 is 0 Å². The molecule has 0 spiro atoms. The van der Waals surface area contributed by atoms with Crippen LogP contribution in [0.2, 0.25) is 0 Å². The number of rotatable bonds is 6. The second-order valence-corrected chi connectivity index (χ2v) is 7.25. The van der Waals surface area contributed by atoms with Gasteiger partial charge in [-0.05, 0) is 24.0 Å². The third-order valence-corrected chi connectivity index (χ3v) is 4.69. The molecular weight excluding hydrogens is 302 g/mol. The van der Waals surface area contributed by atoms with Crippen molar-refractivity contribution in [2.75, 3.05) is 50.8 Å². The van der Waals surface area contributed by atoms with Crippen LogP contribution in [0.5, 0.6) is 0 Å². The first-order valence-electron chi connectivity index (χ1n) is 9.05. The fourth-order valence-electron chi connectivity index (χ4n) is 3.61. The number of nitrogens with one attached hydrogen (secondary N) is 1. The van der Waals surface area contributed by atoms with Gasteiger partial charge in [0.15, 0.2) is 0 Å². The Hall–Kier alpha value is -1.59. The second kappa shape index (κ2) is 7.99. The van der Waals surface area contributed by atoms with E-state index in [1.54, 1.807) is 0 Å². The molecule has 1 atom stereocenters. The molecule has 0 bridgehead atoms. The van der Waals surface area contributed by atoms with E-state index in [0.29, 0.717) is 19.0 Å². The summed E-state index contributed by atoms with van der Waals surface area (Å²) in [5.41, 5.74) is 2.54. The van der Waals surface area contributed by atoms with Crippen LogP contribution in [0.3, 0.4) is 0 Å². The number of carbonyl (C=O) groups excluding carboxylic acids is 1. The first kappa shape index (κ1) is 17.2. The van der Waals surface area contributed by atoms with Gasteiger partial charge in [0.05, 0.1) is 19.3 Å². The molecule has 1 N–H and O–H groups in total. The highest BCUT2D eigenvalue weighted by Gasteiger charge is 2.23. The van der Waals surface area contributed by atoms with Crippen molar-refractivity contribution in [3.63, 3.8) is 0 Å². The number of para-hydroxylation sites is 1. The standard InChI is InChI=1S/C19H29N3O2/c1-15(2)12-21-9-10-24-17(13-21)11-20-19(23)14-22-8-7-16-5-3-4-6-18(16)22/h3-6,15,17H,7-14H2,1-2H3,(H,20,23)/t17-/m0/s1. The van der Waals surface area contributed by atoms with Crippen molar-refractivity contribution in [1.29, 1.82) is 0 Å². The lowest BCUT2D eigenvalue weighted by Gasteiger charge is -2.34. The zero-order chi connectivity index (χ0) is 16.9. The normalized spacial score (nSPS) is 21.1. The molecule has 1 saturated heterocycles. The zero-order valence-corrected chi connectivity index (χ0v) is 14.8. The molecule has 2 aliphatic rings. The lowest BCUT2D eigenvalue weighted by Crippen LogP contribution is -2.49. The maximum absolute atomic E-state index is 12.3. The number of carbonyl (C=O) groups is 1. The summed E-state index contributed by atoms with van der Waals surface area (Å²) in [5, 5.41) is 3.05. The molecule has 3 rings (SSSR count). The second-order valence-electron chi connectivity index (χ2n) is 7.25. The van der Waals surface area contributed by atoms with Crippen molar-refractivity contribution in [3.05, 3.63) is 29.8 Å². The Morgan fingerprint density at radius 3 is 3.00 bits per heavy atom. The van der Waals surface area contributed by atoms with Gasteiger partial charge in [-0.15, -0.1) is 0 Å². The number of nitrogens with zero attached hydrogens (tertiary/aromatic N) is 2. The van der Waals surface area contributed by atoms with Crippen LogP contribution in [0, 0.1) is 5.92 Å². The summed E-state index contributed by atoms with van der Waals surface area (Å²) in [6, 6.07) is 8.34. The third kappa shape index (κ3) is 4.48. The largest absolute Gasteiger partial charge is 0.374 e. The van der Waals surface area contributed by atoms with Crippen molar-refractivity contribution >= 4 is 11.6 Å². The first-order valence-corrected chi connectivity index (χ1v) is 9.05. The molecule has 24 heavy (non-hydrogen) atoms. The summed E-state index contributed by atoms with van der Waals surface area (Å²) >= 11 is 0. The monoisotopic (exact) mass is 331 g/mol. The van der Waals surface area contributed by atoms with Crippen molar-refractivity contribution in [2.45, 2.75) is 26.4 Å². The molecule has 1 aromatic rings. The Labute approximate surface area is 145 Å². The summed E-state index contributed by atoms with van der Waals surface area (Å²) in [5.74, 6) is 0.741. The highest BCUT2D eigenvalue weighted by atomic mass is 16.5. The van der Waals surface area contributed by atoms with Crippen molar-refractivity contribution in [3.8, 4) is 0 Å². The number of amides is 1. The van der Waals surface area contributed by atoms with E-state index in [2.05, 4.69) is 47.2 Å². The van der Waals surface area contributed by atoms with Crippen molar-refractivity contribution < 1.29 is 9.53 Å². The minimum absolute atomic E-state index is 0.0799. The van der Waals surface area contributed by atoms with E-state index in [9.17, 15) is 4.79 Å². The number of hydrogen-bond donors (Lipinski definition) is 1. The van der Waals surface area contributed by atoms with Gasteiger partial charge in [0.25, 0.3) is 0 Å².